The molecule has 0 bridgehead atoms. The second-order valence-electron chi connectivity index (χ2n) is 7.92. The highest BCUT2D eigenvalue weighted by Gasteiger charge is 2.29. The quantitative estimate of drug-likeness (QED) is 0.831. The van der Waals surface area contributed by atoms with Gasteiger partial charge in [0.05, 0.1) is 12.5 Å². The van der Waals surface area contributed by atoms with Crippen molar-refractivity contribution >= 4 is 11.8 Å². The maximum absolute atomic E-state index is 13.2. The van der Waals surface area contributed by atoms with Crippen LogP contribution in [-0.4, -0.2) is 47.3 Å². The fourth-order valence-corrected chi connectivity index (χ4v) is 4.31. The summed E-state index contributed by atoms with van der Waals surface area (Å²) in [6.45, 7) is 2.22. The summed E-state index contributed by atoms with van der Waals surface area (Å²) in [4.78, 5) is 28.7. The summed E-state index contributed by atoms with van der Waals surface area (Å²) >= 11 is 0. The molecule has 0 spiro atoms. The maximum atomic E-state index is 13.2. The van der Waals surface area contributed by atoms with Gasteiger partial charge in [0.2, 0.25) is 11.8 Å². The van der Waals surface area contributed by atoms with E-state index in [1.807, 2.05) is 4.90 Å². The first kappa shape index (κ1) is 19.8. The molecule has 2 N–H and O–H groups in total. The van der Waals surface area contributed by atoms with Crippen molar-refractivity contribution in [3.05, 3.63) is 35.6 Å². The molecule has 1 saturated heterocycles. The van der Waals surface area contributed by atoms with Gasteiger partial charge in [-0.1, -0.05) is 31.4 Å². The Morgan fingerprint density at radius 3 is 2.44 bits per heavy atom. The number of likely N-dealkylation sites (tertiary alicyclic amines) is 1. The van der Waals surface area contributed by atoms with Crippen LogP contribution >= 0.6 is 0 Å². The minimum Gasteiger partial charge on any atom is -0.369 e. The smallest absolute Gasteiger partial charge is 0.237 e. The highest BCUT2D eigenvalue weighted by molar-refractivity contribution is 5.79. The van der Waals surface area contributed by atoms with Crippen LogP contribution in [0, 0.1) is 11.7 Å². The highest BCUT2D eigenvalue weighted by Crippen LogP contribution is 2.25. The van der Waals surface area contributed by atoms with E-state index in [1.54, 1.807) is 12.1 Å². The molecule has 6 heteroatoms. The molecule has 2 fully saturated rings. The topological polar surface area (TPSA) is 66.6 Å². The van der Waals surface area contributed by atoms with Crippen LogP contribution in [0.3, 0.4) is 0 Å². The number of amides is 2. The molecule has 0 unspecified atom stereocenters. The van der Waals surface area contributed by atoms with Crippen LogP contribution in [0.2, 0.25) is 0 Å². The van der Waals surface area contributed by atoms with Gasteiger partial charge in [-0.15, -0.1) is 0 Å². The fourth-order valence-electron chi connectivity index (χ4n) is 4.31. The largest absolute Gasteiger partial charge is 0.369 e. The van der Waals surface area contributed by atoms with E-state index in [9.17, 15) is 14.0 Å². The normalized spacial score (nSPS) is 21.7. The third-order valence-electron chi connectivity index (χ3n) is 5.87. The first-order valence-electron chi connectivity index (χ1n) is 10.1. The minimum absolute atomic E-state index is 0.0938. The summed E-state index contributed by atoms with van der Waals surface area (Å²) in [5.41, 5.74) is 6.41. The van der Waals surface area contributed by atoms with Crippen molar-refractivity contribution in [2.24, 2.45) is 11.7 Å². The van der Waals surface area contributed by atoms with E-state index in [1.165, 1.54) is 18.6 Å². The molecule has 1 saturated carbocycles. The number of rotatable bonds is 6. The lowest BCUT2D eigenvalue weighted by Crippen LogP contribution is -2.49. The zero-order chi connectivity index (χ0) is 19.2. The summed E-state index contributed by atoms with van der Waals surface area (Å²) in [6.07, 6.45) is 7.26. The first-order chi connectivity index (χ1) is 13.0. The van der Waals surface area contributed by atoms with E-state index >= 15 is 0 Å². The van der Waals surface area contributed by atoms with Crippen molar-refractivity contribution in [3.8, 4) is 0 Å². The van der Waals surface area contributed by atoms with E-state index in [0.29, 0.717) is 19.6 Å². The predicted octanol–water partition coefficient (Wildman–Crippen LogP) is 2.68. The van der Waals surface area contributed by atoms with Crippen molar-refractivity contribution in [2.45, 2.75) is 57.5 Å². The third kappa shape index (κ3) is 5.51. The Hall–Kier alpha value is -1.95. The second kappa shape index (κ2) is 9.31. The van der Waals surface area contributed by atoms with Crippen LogP contribution in [-0.2, 0) is 16.1 Å². The van der Waals surface area contributed by atoms with Crippen molar-refractivity contribution in [2.75, 3.05) is 19.6 Å². The van der Waals surface area contributed by atoms with E-state index in [2.05, 4.69) is 4.90 Å². The number of piperidine rings is 1. The van der Waals surface area contributed by atoms with Crippen LogP contribution in [0.25, 0.3) is 0 Å². The monoisotopic (exact) mass is 375 g/mol. The van der Waals surface area contributed by atoms with Gasteiger partial charge < -0.3 is 10.6 Å². The number of nitrogens with zero attached hydrogens (tertiary/aromatic N) is 2. The lowest BCUT2D eigenvalue weighted by Gasteiger charge is -2.37. The number of primary amides is 1. The molecule has 1 aliphatic carbocycles. The Bertz CT molecular complexity index is 643. The first-order valence-corrected chi connectivity index (χ1v) is 10.1. The standard InChI is InChI=1S/C21H30FN3O2/c22-18-10-8-16(9-11-18)13-25(19-6-2-1-3-7-19)20(26)15-24-12-4-5-17(14-24)21(23)27/h8-11,17,19H,1-7,12-15H2,(H2,23,27)/t17-/m1/s1. The molecule has 1 aromatic carbocycles. The molecule has 148 valence electrons. The number of benzene rings is 1. The van der Waals surface area contributed by atoms with Crippen molar-refractivity contribution in [1.82, 2.24) is 9.80 Å². The minimum atomic E-state index is -0.275. The predicted molar refractivity (Wildman–Crippen MR) is 102 cm³/mol. The lowest BCUT2D eigenvalue weighted by molar-refractivity contribution is -0.137. The van der Waals surface area contributed by atoms with Gasteiger partial charge in [0.15, 0.2) is 0 Å². The summed E-state index contributed by atoms with van der Waals surface area (Å²) in [7, 11) is 0. The molecule has 3 rings (SSSR count). The third-order valence-corrected chi connectivity index (χ3v) is 5.87. The molecule has 2 amide bonds. The van der Waals surface area contributed by atoms with Gasteiger partial charge in [0.25, 0.3) is 0 Å². The lowest BCUT2D eigenvalue weighted by atomic mass is 9.93. The van der Waals surface area contributed by atoms with E-state index in [-0.39, 0.29) is 29.6 Å². The number of hydrogen-bond acceptors (Lipinski definition) is 3. The molecule has 0 aromatic heterocycles. The Morgan fingerprint density at radius 2 is 1.78 bits per heavy atom. The molecule has 27 heavy (non-hydrogen) atoms. The van der Waals surface area contributed by atoms with Gasteiger partial charge >= 0.3 is 0 Å². The maximum Gasteiger partial charge on any atom is 0.237 e. The summed E-state index contributed by atoms with van der Waals surface area (Å²) in [5.74, 6) is -0.606. The Kier molecular flexibility index (Phi) is 6.83. The van der Waals surface area contributed by atoms with Crippen molar-refractivity contribution in [1.29, 1.82) is 0 Å². The number of carbonyl (C=O) groups excluding carboxylic acids is 2. The summed E-state index contributed by atoms with van der Waals surface area (Å²) in [5, 5.41) is 0. The molecule has 1 heterocycles. The Labute approximate surface area is 160 Å². The van der Waals surface area contributed by atoms with Crippen LogP contribution < -0.4 is 5.73 Å². The molecule has 5 nitrogen and oxygen atoms in total. The molecule has 1 atom stereocenters. The molecule has 1 aromatic rings. The number of nitrogens with two attached hydrogens (primary N) is 1. The number of hydrogen-bond donors (Lipinski definition) is 1. The second-order valence-corrected chi connectivity index (χ2v) is 7.92. The van der Waals surface area contributed by atoms with Gasteiger partial charge in [0.1, 0.15) is 5.82 Å². The zero-order valence-corrected chi connectivity index (χ0v) is 15.9. The van der Waals surface area contributed by atoms with Gasteiger partial charge in [-0.25, -0.2) is 4.39 Å². The fraction of sp³-hybridized carbons (Fsp3) is 0.619. The van der Waals surface area contributed by atoms with Crippen molar-refractivity contribution < 1.29 is 14.0 Å². The van der Waals surface area contributed by atoms with Gasteiger partial charge in [-0.05, 0) is 49.9 Å². The number of carbonyl (C=O) groups is 2. The molecule has 0 radical (unpaired) electrons. The zero-order valence-electron chi connectivity index (χ0n) is 15.9. The SMILES string of the molecule is NC(=O)[C@@H]1CCCN(CC(=O)N(Cc2ccc(F)cc2)C2CCCCC2)C1. The molecular formula is C21H30FN3O2. The van der Waals surface area contributed by atoms with Crippen LogP contribution in [0.15, 0.2) is 24.3 Å². The average molecular weight is 375 g/mol. The van der Waals surface area contributed by atoms with Crippen LogP contribution in [0.1, 0.15) is 50.5 Å². The van der Waals surface area contributed by atoms with Crippen LogP contribution in [0.5, 0.6) is 0 Å². The van der Waals surface area contributed by atoms with Gasteiger partial charge in [-0.3, -0.25) is 14.5 Å². The van der Waals surface area contributed by atoms with Crippen molar-refractivity contribution in [3.63, 3.8) is 0 Å². The summed E-state index contributed by atoms with van der Waals surface area (Å²) < 4.78 is 13.2. The highest BCUT2D eigenvalue weighted by atomic mass is 19.1. The van der Waals surface area contributed by atoms with Crippen LogP contribution in [0.4, 0.5) is 4.39 Å². The molecule has 1 aliphatic heterocycles. The van der Waals surface area contributed by atoms with Gasteiger partial charge in [0, 0.05) is 19.1 Å². The van der Waals surface area contributed by atoms with E-state index < -0.39 is 0 Å². The van der Waals surface area contributed by atoms with E-state index in [4.69, 9.17) is 5.73 Å². The molecule has 2 aliphatic rings. The van der Waals surface area contributed by atoms with Gasteiger partial charge in [-0.2, -0.15) is 0 Å². The Morgan fingerprint density at radius 1 is 1.07 bits per heavy atom. The average Bonchev–Trinajstić information content (AvgIpc) is 2.68. The molecular weight excluding hydrogens is 345 g/mol. The number of halogens is 1. The Balaban J connectivity index is 1.68. The van der Waals surface area contributed by atoms with E-state index in [0.717, 1.165) is 50.6 Å². The summed E-state index contributed by atoms with van der Waals surface area (Å²) in [6, 6.07) is 6.64.